The van der Waals surface area contributed by atoms with E-state index in [0.717, 1.165) is 15.4 Å². The molecule has 1 aromatic carbocycles. The zero-order valence-corrected chi connectivity index (χ0v) is 15.9. The molecule has 0 fully saturated rings. The van der Waals surface area contributed by atoms with Gasteiger partial charge in [-0.2, -0.15) is 0 Å². The Morgan fingerprint density at radius 1 is 1.14 bits per heavy atom. The van der Waals surface area contributed by atoms with E-state index in [0.29, 0.717) is 11.4 Å². The van der Waals surface area contributed by atoms with Crippen LogP contribution in [0.5, 0.6) is 0 Å². The van der Waals surface area contributed by atoms with Gasteiger partial charge >= 0.3 is 0 Å². The molecule has 0 radical (unpaired) electrons. The van der Waals surface area contributed by atoms with E-state index in [2.05, 4.69) is 15.5 Å². The van der Waals surface area contributed by atoms with Gasteiger partial charge in [0.15, 0.2) is 11.5 Å². The molecule has 0 saturated carbocycles. The van der Waals surface area contributed by atoms with Gasteiger partial charge in [0, 0.05) is 27.6 Å². The van der Waals surface area contributed by atoms with Gasteiger partial charge in [0.2, 0.25) is 5.91 Å². The Bertz CT molecular complexity index is 1160. The molecule has 1 unspecified atom stereocenters. The minimum atomic E-state index is -0.299. The predicted molar refractivity (Wildman–Crippen MR) is 108 cm³/mol. The molecular formula is C21H17FN4OS. The second-order valence-corrected chi connectivity index (χ2v) is 7.35. The van der Waals surface area contributed by atoms with Gasteiger partial charge < -0.3 is 5.32 Å². The minimum Gasteiger partial charge on any atom is -0.343 e. The van der Waals surface area contributed by atoms with Crippen LogP contribution in [0, 0.1) is 5.82 Å². The fraction of sp³-hybridized carbons (Fsp3) is 0.0952. The van der Waals surface area contributed by atoms with Crippen LogP contribution < -0.4 is 5.32 Å². The SMILES string of the molecule is CC(NC(=O)/C=C/c1ccc(-c2ccccc2F)s1)c1nnc2ccccn12. The highest BCUT2D eigenvalue weighted by molar-refractivity contribution is 7.16. The lowest BCUT2D eigenvalue weighted by molar-refractivity contribution is -0.117. The van der Waals surface area contributed by atoms with E-state index in [4.69, 9.17) is 0 Å². The van der Waals surface area contributed by atoms with Gasteiger partial charge in [-0.05, 0) is 43.3 Å². The molecule has 0 spiro atoms. The van der Waals surface area contributed by atoms with Gasteiger partial charge in [-0.3, -0.25) is 9.20 Å². The first-order valence-electron chi connectivity index (χ1n) is 8.75. The van der Waals surface area contributed by atoms with Crippen LogP contribution in [0.2, 0.25) is 0 Å². The van der Waals surface area contributed by atoms with Crippen LogP contribution in [-0.2, 0) is 4.79 Å². The van der Waals surface area contributed by atoms with Crippen LogP contribution in [0.3, 0.4) is 0 Å². The third-order valence-corrected chi connectivity index (χ3v) is 5.34. The highest BCUT2D eigenvalue weighted by Crippen LogP contribution is 2.30. The molecule has 28 heavy (non-hydrogen) atoms. The van der Waals surface area contributed by atoms with Gasteiger partial charge in [0.25, 0.3) is 0 Å². The Morgan fingerprint density at radius 3 is 2.82 bits per heavy atom. The van der Waals surface area contributed by atoms with Crippen LogP contribution in [-0.4, -0.2) is 20.5 Å². The van der Waals surface area contributed by atoms with Crippen molar-refractivity contribution in [3.63, 3.8) is 0 Å². The summed E-state index contributed by atoms with van der Waals surface area (Å²) in [6.45, 7) is 1.86. The molecule has 1 atom stereocenters. The summed E-state index contributed by atoms with van der Waals surface area (Å²) in [5.41, 5.74) is 1.29. The maximum Gasteiger partial charge on any atom is 0.244 e. The van der Waals surface area contributed by atoms with Crippen LogP contribution in [0.1, 0.15) is 23.7 Å². The average Bonchev–Trinajstić information content (AvgIpc) is 3.34. The number of nitrogens with one attached hydrogen (secondary N) is 1. The van der Waals surface area contributed by atoms with Crippen LogP contribution in [0.25, 0.3) is 22.2 Å². The summed E-state index contributed by atoms with van der Waals surface area (Å²) in [4.78, 5) is 14.0. The summed E-state index contributed by atoms with van der Waals surface area (Å²) < 4.78 is 15.7. The van der Waals surface area contributed by atoms with Crippen LogP contribution in [0.4, 0.5) is 4.39 Å². The van der Waals surface area contributed by atoms with Gasteiger partial charge in [-0.25, -0.2) is 4.39 Å². The number of halogens is 1. The number of nitrogens with zero attached hydrogens (tertiary/aromatic N) is 3. The first-order chi connectivity index (χ1) is 13.6. The van der Waals surface area contributed by atoms with Crippen LogP contribution >= 0.6 is 11.3 Å². The monoisotopic (exact) mass is 392 g/mol. The summed E-state index contributed by atoms with van der Waals surface area (Å²) in [6, 6.07) is 15.7. The Labute approximate surface area is 165 Å². The fourth-order valence-corrected chi connectivity index (χ4v) is 3.82. The summed E-state index contributed by atoms with van der Waals surface area (Å²) in [7, 11) is 0. The normalized spacial score (nSPS) is 12.5. The number of hydrogen-bond acceptors (Lipinski definition) is 4. The van der Waals surface area contributed by atoms with Gasteiger partial charge in [0.1, 0.15) is 5.82 Å². The van der Waals surface area contributed by atoms with E-state index in [1.807, 2.05) is 47.9 Å². The number of fused-ring (bicyclic) bond motifs is 1. The number of carbonyl (C=O) groups is 1. The van der Waals surface area contributed by atoms with E-state index in [1.165, 1.54) is 23.5 Å². The lowest BCUT2D eigenvalue weighted by Crippen LogP contribution is -2.26. The first-order valence-corrected chi connectivity index (χ1v) is 9.56. The van der Waals surface area contributed by atoms with E-state index in [9.17, 15) is 9.18 Å². The van der Waals surface area contributed by atoms with Crippen molar-refractivity contribution in [3.05, 3.63) is 83.4 Å². The zero-order chi connectivity index (χ0) is 19.5. The number of aromatic nitrogens is 3. The topological polar surface area (TPSA) is 59.3 Å². The molecule has 0 aliphatic carbocycles. The van der Waals surface area contributed by atoms with E-state index >= 15 is 0 Å². The summed E-state index contributed by atoms with van der Waals surface area (Å²) in [5, 5.41) is 11.1. The molecule has 0 aliphatic heterocycles. The minimum absolute atomic E-state index is 0.235. The quantitative estimate of drug-likeness (QED) is 0.509. The van der Waals surface area contributed by atoms with Crippen molar-refractivity contribution < 1.29 is 9.18 Å². The molecule has 5 nitrogen and oxygen atoms in total. The van der Waals surface area contributed by atoms with E-state index in [1.54, 1.807) is 24.3 Å². The van der Waals surface area contributed by atoms with Crippen molar-refractivity contribution in [1.82, 2.24) is 19.9 Å². The van der Waals surface area contributed by atoms with Crippen molar-refractivity contribution in [3.8, 4) is 10.4 Å². The van der Waals surface area contributed by atoms with Gasteiger partial charge in [0.05, 0.1) is 6.04 Å². The Kier molecular flexibility index (Phi) is 4.99. The fourth-order valence-electron chi connectivity index (χ4n) is 2.89. The molecular weight excluding hydrogens is 375 g/mol. The Morgan fingerprint density at radius 2 is 1.96 bits per heavy atom. The standard InChI is InChI=1S/C21H17FN4OS/c1-14(21-25-24-19-8-4-5-13-26(19)21)23-20(27)12-10-15-9-11-18(28-15)16-6-2-3-7-17(16)22/h2-14H,1H3,(H,23,27)/b12-10+. The predicted octanol–water partition coefficient (Wildman–Crippen LogP) is 4.49. The number of amides is 1. The summed E-state index contributed by atoms with van der Waals surface area (Å²) >= 11 is 1.43. The number of carbonyl (C=O) groups excluding carboxylic acids is 1. The smallest absolute Gasteiger partial charge is 0.244 e. The Balaban J connectivity index is 1.44. The molecule has 1 amide bonds. The summed E-state index contributed by atoms with van der Waals surface area (Å²) in [5.74, 6) is 0.170. The molecule has 4 rings (SSSR count). The second-order valence-electron chi connectivity index (χ2n) is 6.23. The lowest BCUT2D eigenvalue weighted by atomic mass is 10.2. The highest BCUT2D eigenvalue weighted by atomic mass is 32.1. The molecule has 140 valence electrons. The molecule has 1 N–H and O–H groups in total. The van der Waals surface area contributed by atoms with Crippen molar-refractivity contribution in [2.75, 3.05) is 0 Å². The molecule has 0 aliphatic rings. The van der Waals surface area contributed by atoms with Crippen molar-refractivity contribution >= 4 is 29.0 Å². The molecule has 3 heterocycles. The third kappa shape index (κ3) is 3.70. The van der Waals surface area contributed by atoms with E-state index < -0.39 is 0 Å². The van der Waals surface area contributed by atoms with Gasteiger partial charge in [-0.1, -0.05) is 24.3 Å². The largest absolute Gasteiger partial charge is 0.343 e. The summed E-state index contributed by atoms with van der Waals surface area (Å²) in [6.07, 6.45) is 5.05. The van der Waals surface area contributed by atoms with E-state index in [-0.39, 0.29) is 17.8 Å². The second kappa shape index (κ2) is 7.74. The number of benzene rings is 1. The third-order valence-electron chi connectivity index (χ3n) is 4.25. The van der Waals surface area contributed by atoms with Gasteiger partial charge in [-0.15, -0.1) is 21.5 Å². The lowest BCUT2D eigenvalue weighted by Gasteiger charge is -2.10. The Hall–Kier alpha value is -3.32. The maximum absolute atomic E-state index is 13.9. The van der Waals surface area contributed by atoms with Crippen molar-refractivity contribution in [2.24, 2.45) is 0 Å². The highest BCUT2D eigenvalue weighted by Gasteiger charge is 2.14. The number of pyridine rings is 1. The molecule has 0 bridgehead atoms. The molecule has 4 aromatic rings. The molecule has 7 heteroatoms. The average molecular weight is 392 g/mol. The van der Waals surface area contributed by atoms with Crippen molar-refractivity contribution in [1.29, 1.82) is 0 Å². The number of thiophene rings is 1. The molecule has 0 saturated heterocycles. The van der Waals surface area contributed by atoms with Crippen molar-refractivity contribution in [2.45, 2.75) is 13.0 Å². The molecule has 3 aromatic heterocycles. The maximum atomic E-state index is 13.9. The number of rotatable bonds is 5. The zero-order valence-electron chi connectivity index (χ0n) is 15.0. The number of hydrogen-bond donors (Lipinski definition) is 1. The van der Waals surface area contributed by atoms with Crippen LogP contribution in [0.15, 0.2) is 66.9 Å². The first kappa shape index (κ1) is 18.1.